The quantitative estimate of drug-likeness (QED) is 0.354. The number of hydrogen-bond acceptors (Lipinski definition) is 7. The molecule has 1 aromatic rings. The van der Waals surface area contributed by atoms with Crippen LogP contribution in [0.2, 0.25) is 0 Å². The van der Waals surface area contributed by atoms with Gasteiger partial charge in [0.15, 0.2) is 5.92 Å². The Labute approximate surface area is 134 Å². The fraction of sp³-hybridized carbons (Fsp3) is 0.533. The monoisotopic (exact) mass is 324 g/mol. The van der Waals surface area contributed by atoms with Crippen molar-refractivity contribution in [2.45, 2.75) is 46.1 Å². The molecule has 1 atom stereocenters. The van der Waals surface area contributed by atoms with Crippen molar-refractivity contribution in [3.05, 3.63) is 33.6 Å². The summed E-state index contributed by atoms with van der Waals surface area (Å²) < 4.78 is 10.1. The first-order chi connectivity index (χ1) is 10.6. The Morgan fingerprint density at radius 3 is 2.39 bits per heavy atom. The van der Waals surface area contributed by atoms with Crippen molar-refractivity contribution in [3.63, 3.8) is 0 Å². The molecule has 1 unspecified atom stereocenters. The fourth-order valence-electron chi connectivity index (χ4n) is 1.84. The van der Waals surface area contributed by atoms with Crippen LogP contribution < -0.4 is 0 Å². The standard InChI is InChI=1S/C15H20N2O6/c1-6-22-13(18)12(14(19)23-15(3,4)5)10-7-9(2)11(8-16-10)17(20)21/h7-8,12H,6H2,1-5H3. The van der Waals surface area contributed by atoms with Crippen molar-refractivity contribution in [3.8, 4) is 0 Å². The van der Waals surface area contributed by atoms with E-state index in [-0.39, 0.29) is 23.6 Å². The summed E-state index contributed by atoms with van der Waals surface area (Å²) in [5.74, 6) is -2.99. The molecule has 0 fully saturated rings. The van der Waals surface area contributed by atoms with Crippen LogP contribution in [0.5, 0.6) is 0 Å². The van der Waals surface area contributed by atoms with Crippen LogP contribution in [-0.4, -0.2) is 34.1 Å². The molecule has 1 rings (SSSR count). The zero-order valence-corrected chi connectivity index (χ0v) is 13.8. The lowest BCUT2D eigenvalue weighted by Gasteiger charge is -2.23. The number of carbonyl (C=O) groups excluding carboxylic acids is 2. The average Bonchev–Trinajstić information content (AvgIpc) is 2.36. The summed E-state index contributed by atoms with van der Waals surface area (Å²) in [6.45, 7) is 8.20. The first kappa shape index (κ1) is 18.5. The Morgan fingerprint density at radius 1 is 1.35 bits per heavy atom. The Hall–Kier alpha value is -2.51. The van der Waals surface area contributed by atoms with Crippen LogP contribution in [0.1, 0.15) is 44.9 Å². The summed E-state index contributed by atoms with van der Waals surface area (Å²) in [7, 11) is 0. The predicted molar refractivity (Wildman–Crippen MR) is 80.8 cm³/mol. The maximum absolute atomic E-state index is 12.3. The van der Waals surface area contributed by atoms with E-state index in [0.29, 0.717) is 0 Å². The molecular weight excluding hydrogens is 304 g/mol. The predicted octanol–water partition coefficient (Wildman–Crippen LogP) is 2.29. The van der Waals surface area contributed by atoms with Gasteiger partial charge in [-0.1, -0.05) is 0 Å². The number of nitrogens with zero attached hydrogens (tertiary/aromatic N) is 2. The van der Waals surface area contributed by atoms with E-state index >= 15 is 0 Å². The molecule has 0 aliphatic rings. The van der Waals surface area contributed by atoms with Crippen LogP contribution >= 0.6 is 0 Å². The van der Waals surface area contributed by atoms with Crippen LogP contribution in [0.4, 0.5) is 5.69 Å². The molecule has 23 heavy (non-hydrogen) atoms. The van der Waals surface area contributed by atoms with Crippen molar-refractivity contribution in [1.29, 1.82) is 0 Å². The lowest BCUT2D eigenvalue weighted by molar-refractivity contribution is -0.385. The molecule has 8 nitrogen and oxygen atoms in total. The average molecular weight is 324 g/mol. The number of ether oxygens (including phenoxy) is 2. The van der Waals surface area contributed by atoms with Crippen LogP contribution in [0.25, 0.3) is 0 Å². The van der Waals surface area contributed by atoms with Crippen LogP contribution in [0, 0.1) is 17.0 Å². The van der Waals surface area contributed by atoms with Crippen molar-refractivity contribution in [1.82, 2.24) is 4.98 Å². The van der Waals surface area contributed by atoms with Gasteiger partial charge in [0, 0.05) is 5.56 Å². The van der Waals surface area contributed by atoms with E-state index in [0.717, 1.165) is 6.20 Å². The summed E-state index contributed by atoms with van der Waals surface area (Å²) in [5, 5.41) is 10.8. The summed E-state index contributed by atoms with van der Waals surface area (Å²) in [5.41, 5.74) is -0.642. The molecule has 0 radical (unpaired) electrons. The lowest BCUT2D eigenvalue weighted by atomic mass is 10.0. The van der Waals surface area contributed by atoms with Gasteiger partial charge in [0.05, 0.1) is 17.2 Å². The highest BCUT2D eigenvalue weighted by Crippen LogP contribution is 2.25. The number of pyridine rings is 1. The fourth-order valence-corrected chi connectivity index (χ4v) is 1.84. The molecule has 126 valence electrons. The third-order valence-corrected chi connectivity index (χ3v) is 2.76. The summed E-state index contributed by atoms with van der Waals surface area (Å²) in [4.78, 5) is 38.5. The first-order valence-corrected chi connectivity index (χ1v) is 7.07. The third kappa shape index (κ3) is 5.01. The number of rotatable bonds is 5. The van der Waals surface area contributed by atoms with E-state index in [4.69, 9.17) is 9.47 Å². The zero-order valence-electron chi connectivity index (χ0n) is 13.8. The van der Waals surface area contributed by atoms with Gasteiger partial charge in [-0.15, -0.1) is 0 Å². The number of carbonyl (C=O) groups is 2. The van der Waals surface area contributed by atoms with E-state index in [1.807, 2.05) is 0 Å². The summed E-state index contributed by atoms with van der Waals surface area (Å²) in [6, 6.07) is 1.32. The van der Waals surface area contributed by atoms with E-state index in [2.05, 4.69) is 4.98 Å². The maximum atomic E-state index is 12.3. The number of hydrogen-bond donors (Lipinski definition) is 0. The van der Waals surface area contributed by atoms with E-state index in [1.165, 1.54) is 13.0 Å². The Morgan fingerprint density at radius 2 is 1.96 bits per heavy atom. The van der Waals surface area contributed by atoms with Crippen LogP contribution in [0.15, 0.2) is 12.3 Å². The van der Waals surface area contributed by atoms with Gasteiger partial charge in [-0.3, -0.25) is 24.7 Å². The highest BCUT2D eigenvalue weighted by atomic mass is 16.6. The molecule has 0 aromatic carbocycles. The van der Waals surface area contributed by atoms with Crippen molar-refractivity contribution in [2.24, 2.45) is 0 Å². The number of esters is 2. The lowest BCUT2D eigenvalue weighted by Crippen LogP contribution is -2.33. The van der Waals surface area contributed by atoms with Gasteiger partial charge in [0.25, 0.3) is 5.69 Å². The highest BCUT2D eigenvalue weighted by Gasteiger charge is 2.36. The van der Waals surface area contributed by atoms with Crippen molar-refractivity contribution >= 4 is 17.6 Å². The van der Waals surface area contributed by atoms with Crippen molar-refractivity contribution < 1.29 is 24.0 Å². The molecule has 1 heterocycles. The summed E-state index contributed by atoms with van der Waals surface area (Å²) in [6.07, 6.45) is 1.02. The molecule has 8 heteroatoms. The second-order valence-electron chi connectivity index (χ2n) is 5.87. The van der Waals surface area contributed by atoms with Crippen LogP contribution in [-0.2, 0) is 19.1 Å². The van der Waals surface area contributed by atoms with E-state index in [1.54, 1.807) is 27.7 Å². The smallest absolute Gasteiger partial charge is 0.327 e. The second kappa shape index (κ2) is 7.17. The van der Waals surface area contributed by atoms with Gasteiger partial charge >= 0.3 is 11.9 Å². The Balaban J connectivity index is 3.24. The van der Waals surface area contributed by atoms with Gasteiger partial charge in [-0.25, -0.2) is 0 Å². The SMILES string of the molecule is CCOC(=O)C(C(=O)OC(C)(C)C)c1cc(C)c([N+](=O)[O-])cn1. The van der Waals surface area contributed by atoms with E-state index < -0.39 is 28.4 Å². The third-order valence-electron chi connectivity index (χ3n) is 2.76. The van der Waals surface area contributed by atoms with E-state index in [9.17, 15) is 19.7 Å². The minimum Gasteiger partial charge on any atom is -0.465 e. The molecule has 1 aromatic heterocycles. The molecule has 0 saturated carbocycles. The second-order valence-corrected chi connectivity index (χ2v) is 5.87. The number of aryl methyl sites for hydroxylation is 1. The van der Waals surface area contributed by atoms with Gasteiger partial charge in [-0.05, 0) is 40.7 Å². The number of nitro groups is 1. The molecule has 0 bridgehead atoms. The first-order valence-electron chi connectivity index (χ1n) is 7.07. The molecular formula is C15H20N2O6. The maximum Gasteiger partial charge on any atom is 0.327 e. The Kier molecular flexibility index (Phi) is 5.78. The molecule has 0 spiro atoms. The minimum atomic E-state index is -1.38. The highest BCUT2D eigenvalue weighted by molar-refractivity contribution is 6.00. The molecule has 0 aliphatic heterocycles. The van der Waals surface area contributed by atoms with Gasteiger partial charge in [0.1, 0.15) is 11.8 Å². The normalized spacial score (nSPS) is 12.4. The molecule has 0 aliphatic carbocycles. The largest absolute Gasteiger partial charge is 0.465 e. The minimum absolute atomic E-state index is 0.0563. The van der Waals surface area contributed by atoms with Gasteiger partial charge < -0.3 is 9.47 Å². The number of aromatic nitrogens is 1. The Bertz CT molecular complexity index is 621. The molecule has 0 N–H and O–H groups in total. The zero-order chi connectivity index (χ0) is 17.8. The van der Waals surface area contributed by atoms with Crippen LogP contribution in [0.3, 0.4) is 0 Å². The van der Waals surface area contributed by atoms with Gasteiger partial charge in [-0.2, -0.15) is 0 Å². The summed E-state index contributed by atoms with van der Waals surface area (Å²) >= 11 is 0. The molecule has 0 amide bonds. The molecule has 0 saturated heterocycles. The van der Waals surface area contributed by atoms with Gasteiger partial charge in [0.2, 0.25) is 0 Å². The van der Waals surface area contributed by atoms with Crippen molar-refractivity contribution in [2.75, 3.05) is 6.61 Å². The topological polar surface area (TPSA) is 109 Å².